The van der Waals surface area contributed by atoms with Crippen LogP contribution in [0.1, 0.15) is 101 Å². The molecule has 3 aliphatic heterocycles. The van der Waals surface area contributed by atoms with Gasteiger partial charge in [0.15, 0.2) is 23.0 Å². The summed E-state index contributed by atoms with van der Waals surface area (Å²) in [6.45, 7) is 16.2. The minimum absolute atomic E-state index is 0.0738. The number of nitrogens with two attached hydrogens (primary N) is 2. The molecule has 0 radical (unpaired) electrons. The molecule has 3 amide bonds. The van der Waals surface area contributed by atoms with Crippen LogP contribution in [0.15, 0.2) is 146 Å². The number of nitrogens with one attached hydrogen (secondary N) is 3. The van der Waals surface area contributed by atoms with Crippen molar-refractivity contribution in [2.45, 2.75) is 40.0 Å². The zero-order valence-electron chi connectivity index (χ0n) is 64.2. The molecule has 0 bridgehead atoms. The third-order valence-electron chi connectivity index (χ3n) is 19.8. The summed E-state index contributed by atoms with van der Waals surface area (Å²) in [5.41, 5.74) is 23.7. The molecule has 0 saturated carbocycles. The van der Waals surface area contributed by atoms with Crippen molar-refractivity contribution in [1.29, 1.82) is 0 Å². The number of likely N-dealkylation sites (N-methyl/N-ethyl adjacent to an activating group) is 2. The highest BCUT2D eigenvalue weighted by Crippen LogP contribution is 2.35. The van der Waals surface area contributed by atoms with Gasteiger partial charge >= 0.3 is 0 Å². The maximum atomic E-state index is 14.9. The predicted octanol–water partition coefficient (Wildman–Crippen LogP) is 11.7. The van der Waals surface area contributed by atoms with E-state index < -0.39 is 0 Å². The van der Waals surface area contributed by atoms with Gasteiger partial charge in [0.05, 0.1) is 56.4 Å². The number of nitrogen functional groups attached to an aromatic ring is 2. The van der Waals surface area contributed by atoms with Crippen molar-refractivity contribution in [3.63, 3.8) is 0 Å². The van der Waals surface area contributed by atoms with Crippen molar-refractivity contribution in [2.75, 3.05) is 153 Å². The number of amides is 3. The van der Waals surface area contributed by atoms with E-state index in [2.05, 4.69) is 110 Å². The lowest BCUT2D eigenvalue weighted by Gasteiger charge is -2.34. The quantitative estimate of drug-likeness (QED) is 0.0633. The van der Waals surface area contributed by atoms with Crippen molar-refractivity contribution in [3.05, 3.63) is 225 Å². The van der Waals surface area contributed by atoms with E-state index in [4.69, 9.17) is 30.4 Å². The lowest BCUT2D eigenvalue weighted by Crippen LogP contribution is -2.44. The van der Waals surface area contributed by atoms with Gasteiger partial charge in [0.25, 0.3) is 17.7 Å². The van der Waals surface area contributed by atoms with Gasteiger partial charge in [-0.3, -0.25) is 19.4 Å². The third kappa shape index (κ3) is 19.3. The van der Waals surface area contributed by atoms with Gasteiger partial charge in [0.2, 0.25) is 5.95 Å². The molecule has 3 aliphatic rings. The Bertz CT molecular complexity index is 5550. The number of hydrogen-bond donors (Lipinski definition) is 5. The van der Waals surface area contributed by atoms with Crippen molar-refractivity contribution < 1.29 is 42.1 Å². The standard InChI is InChI=1S/C31H31FN6O3.C29H27FN6O.C27H30N4O3/c1-19-5-6-21(30(39)34-22-8-10-27(24(32)16-22)38-13-11-37(2)12-14-38)15-20(19)7-9-25-23-17-28(40-3)29(41-4)18-26(23)36-31(33)35-25;1-19-5-6-21(16-20(19)7-8-22-18-33-28(31)27-24(22)4-3-11-32-27)29(37)34-23-9-10-26(25(30)17-23)36-14-12-35(2)13-15-36;1-19-7-8-21(27(32)28-11-14-31-12-5-4-6-13-31)15-20(19)9-10-23-22-16-25(33-2)26(34-3)17-24(22)30-18-29-23/h5-6,8,10,15-18H,11-14H2,1-4H3,(H,34,39)(H2,33,35,36);3-6,9-11,16-18H,12-15H2,1-2H3,(H2,31,33)(H,34,37);7-8,15-18H,4-6,11-14H2,1-3H3,(H,28,32). The smallest absolute Gasteiger partial charge is 0.255 e. The average molecular weight is 1510 g/mol. The van der Waals surface area contributed by atoms with E-state index in [0.717, 1.165) is 111 Å². The summed E-state index contributed by atoms with van der Waals surface area (Å²) < 4.78 is 51.4. The Morgan fingerprint density at radius 1 is 0.473 bits per heavy atom. The Kier molecular flexibility index (Phi) is 25.6. The Hall–Kier alpha value is -13.0. The highest BCUT2D eigenvalue weighted by Gasteiger charge is 2.22. The summed E-state index contributed by atoms with van der Waals surface area (Å²) in [6.07, 6.45) is 8.57. The minimum Gasteiger partial charge on any atom is -0.493 e. The van der Waals surface area contributed by atoms with E-state index in [-0.39, 0.29) is 35.3 Å². The van der Waals surface area contributed by atoms with Crippen molar-refractivity contribution in [3.8, 4) is 58.5 Å². The normalized spacial score (nSPS) is 13.6. The maximum absolute atomic E-state index is 14.9. The van der Waals surface area contributed by atoms with Crippen LogP contribution >= 0.6 is 0 Å². The van der Waals surface area contributed by atoms with E-state index in [1.54, 1.807) is 108 Å². The van der Waals surface area contributed by atoms with E-state index >= 15 is 0 Å². The zero-order chi connectivity index (χ0) is 79.0. The molecule has 0 atom stereocenters. The lowest BCUT2D eigenvalue weighted by molar-refractivity contribution is 0.0945. The Labute approximate surface area is 650 Å². The highest BCUT2D eigenvalue weighted by molar-refractivity contribution is 6.06. The molecule has 23 nitrogen and oxygen atoms in total. The van der Waals surface area contributed by atoms with Gasteiger partial charge in [-0.15, -0.1) is 0 Å². The third-order valence-corrected chi connectivity index (χ3v) is 19.8. The SMILES string of the molecule is COc1cc2nc(N)nc(C#Cc3cc(C(=O)Nc4ccc(N5CCN(C)CC5)c(F)c4)ccc3C)c2cc1OC.COc1cc2ncnc(C#Cc3cc(C(=O)NCCN4CCCCC4)ccc3C)c2cc1OC.Cc1ccc(C(=O)Nc2ccc(N3CCN(C)CC3)c(F)c2)cc1C#Cc1cnc(N)c2ncccc12. The summed E-state index contributed by atoms with van der Waals surface area (Å²) in [4.78, 5) is 75.4. The first-order chi connectivity index (χ1) is 54.2. The number of benzene rings is 7. The van der Waals surface area contributed by atoms with E-state index in [1.807, 2.05) is 79.1 Å². The van der Waals surface area contributed by atoms with Crippen LogP contribution in [0, 0.1) is 67.9 Å². The second-order valence-corrected chi connectivity index (χ2v) is 27.4. The lowest BCUT2D eigenvalue weighted by atomic mass is 10.0. The van der Waals surface area contributed by atoms with Crippen molar-refractivity contribution in [2.24, 2.45) is 0 Å². The fourth-order valence-electron chi connectivity index (χ4n) is 13.1. The van der Waals surface area contributed by atoms with E-state index in [1.165, 1.54) is 37.7 Å². The summed E-state index contributed by atoms with van der Waals surface area (Å²) in [5, 5.41) is 10.9. The molecule has 7 heterocycles. The number of piperidine rings is 1. The summed E-state index contributed by atoms with van der Waals surface area (Å²) >= 11 is 0. The van der Waals surface area contributed by atoms with Crippen LogP contribution in [-0.4, -0.2) is 183 Å². The van der Waals surface area contributed by atoms with Crippen LogP contribution in [-0.2, 0) is 0 Å². The molecule has 11 aromatic rings. The fraction of sp³-hybridized carbons (Fsp3) is 0.276. The number of nitrogens with zero attached hydrogens (tertiary/aromatic N) is 11. The maximum Gasteiger partial charge on any atom is 0.255 e. The number of piperazine rings is 2. The molecular weight excluding hydrogens is 1420 g/mol. The van der Waals surface area contributed by atoms with Gasteiger partial charge < -0.3 is 70.9 Å². The number of aromatic nitrogens is 6. The fourth-order valence-corrected chi connectivity index (χ4v) is 13.1. The van der Waals surface area contributed by atoms with Gasteiger partial charge in [0, 0.05) is 151 Å². The van der Waals surface area contributed by atoms with Crippen LogP contribution in [0.25, 0.3) is 32.7 Å². The van der Waals surface area contributed by atoms with Crippen LogP contribution in [0.2, 0.25) is 0 Å². The van der Waals surface area contributed by atoms with Crippen LogP contribution in [0.3, 0.4) is 0 Å². The molecule has 572 valence electrons. The second kappa shape index (κ2) is 36.5. The largest absolute Gasteiger partial charge is 0.493 e. The molecule has 7 aromatic carbocycles. The van der Waals surface area contributed by atoms with Gasteiger partial charge in [-0.25, -0.2) is 33.7 Å². The first-order valence-corrected chi connectivity index (χ1v) is 36.8. The second-order valence-electron chi connectivity index (χ2n) is 27.4. The van der Waals surface area contributed by atoms with Gasteiger partial charge in [0.1, 0.15) is 40.7 Å². The van der Waals surface area contributed by atoms with Crippen molar-refractivity contribution in [1.82, 2.24) is 49.9 Å². The molecule has 14 rings (SSSR count). The summed E-state index contributed by atoms with van der Waals surface area (Å²) in [7, 11) is 10.4. The molecule has 7 N–H and O–H groups in total. The first kappa shape index (κ1) is 78.6. The number of ether oxygens (including phenoxy) is 4. The number of methoxy groups -OCH3 is 4. The Morgan fingerprint density at radius 2 is 0.946 bits per heavy atom. The number of fused-ring (bicyclic) bond motifs is 3. The summed E-state index contributed by atoms with van der Waals surface area (Å²) in [5.74, 6) is 20.0. The average Bonchev–Trinajstić information content (AvgIpc) is 0.792. The van der Waals surface area contributed by atoms with Crippen LogP contribution in [0.5, 0.6) is 23.0 Å². The number of hydrogen-bond acceptors (Lipinski definition) is 20. The predicted molar refractivity (Wildman–Crippen MR) is 436 cm³/mol. The number of likely N-dealkylation sites (tertiary alicyclic amines) is 1. The molecule has 3 fully saturated rings. The topological polar surface area (TPSA) is 270 Å². The van der Waals surface area contributed by atoms with Crippen molar-refractivity contribution >= 4 is 84.9 Å². The monoisotopic (exact) mass is 1510 g/mol. The zero-order valence-corrected chi connectivity index (χ0v) is 64.2. The molecule has 4 aromatic heterocycles. The molecular formula is C87H88F2N16O7. The minimum atomic E-state index is -0.367. The molecule has 25 heteroatoms. The molecule has 0 spiro atoms. The number of anilines is 6. The van der Waals surface area contributed by atoms with Gasteiger partial charge in [-0.05, 0) is 186 Å². The number of carbonyl (C=O) groups is 3. The Balaban J connectivity index is 0.000000157. The first-order valence-electron chi connectivity index (χ1n) is 36.8. The van der Waals surface area contributed by atoms with Gasteiger partial charge in [-0.2, -0.15) is 0 Å². The Morgan fingerprint density at radius 3 is 1.46 bits per heavy atom. The number of carbonyl (C=O) groups excluding carboxylic acids is 3. The molecule has 112 heavy (non-hydrogen) atoms. The molecule has 0 unspecified atom stereocenters. The molecule has 3 saturated heterocycles. The van der Waals surface area contributed by atoms with Crippen LogP contribution < -0.4 is 56.2 Å². The van der Waals surface area contributed by atoms with Crippen LogP contribution in [0.4, 0.5) is 43.3 Å². The van der Waals surface area contributed by atoms with Gasteiger partial charge in [-0.1, -0.05) is 48.3 Å². The number of rotatable bonds is 14. The number of halogens is 2. The number of aryl methyl sites for hydroxylation is 3. The van der Waals surface area contributed by atoms with E-state index in [9.17, 15) is 23.2 Å². The summed E-state index contributed by atoms with van der Waals surface area (Å²) in [6, 6.07) is 36.6. The van der Waals surface area contributed by atoms with E-state index in [0.29, 0.717) is 119 Å². The highest BCUT2D eigenvalue weighted by atomic mass is 19.1. The number of pyridine rings is 2. The molecule has 0 aliphatic carbocycles.